The number of nitrogens with zero attached hydrogens (tertiary/aromatic N) is 3. The molecule has 202 valence electrons. The first-order chi connectivity index (χ1) is 18.4. The van der Waals surface area contributed by atoms with Gasteiger partial charge in [0.15, 0.2) is 0 Å². The molecule has 0 aromatic heterocycles. The topological polar surface area (TPSA) is 120 Å². The van der Waals surface area contributed by atoms with Crippen molar-refractivity contribution in [3.05, 3.63) is 47.0 Å². The minimum atomic E-state index is -0.606. The minimum absolute atomic E-state index is 0.153. The van der Waals surface area contributed by atoms with Crippen LogP contribution in [0.1, 0.15) is 41.3 Å². The van der Waals surface area contributed by atoms with Gasteiger partial charge in [-0.2, -0.15) is 0 Å². The van der Waals surface area contributed by atoms with Crippen molar-refractivity contribution in [1.29, 1.82) is 0 Å². The number of rotatable bonds is 8. The van der Waals surface area contributed by atoms with Crippen LogP contribution in [-0.4, -0.2) is 79.9 Å². The van der Waals surface area contributed by atoms with Crippen molar-refractivity contribution in [3.8, 4) is 5.75 Å². The molecule has 2 aromatic rings. The van der Waals surface area contributed by atoms with Crippen LogP contribution in [0.5, 0.6) is 5.75 Å². The van der Waals surface area contributed by atoms with Crippen molar-refractivity contribution in [3.63, 3.8) is 0 Å². The molecule has 3 amide bonds. The Kier molecular flexibility index (Phi) is 7.42. The van der Waals surface area contributed by atoms with Crippen LogP contribution in [0.4, 0.5) is 17.1 Å². The van der Waals surface area contributed by atoms with Gasteiger partial charge in [-0.3, -0.25) is 24.6 Å². The minimum Gasteiger partial charge on any atom is -0.495 e. The molecule has 3 heterocycles. The summed E-state index contributed by atoms with van der Waals surface area (Å²) < 4.78 is 5.45. The van der Waals surface area contributed by atoms with E-state index in [-0.39, 0.29) is 24.1 Å². The van der Waals surface area contributed by atoms with Crippen LogP contribution >= 0.6 is 0 Å². The second-order valence-corrected chi connectivity index (χ2v) is 10.1. The van der Waals surface area contributed by atoms with Crippen LogP contribution in [0.25, 0.3) is 0 Å². The molecule has 1 atom stereocenters. The number of hydrogen-bond donors (Lipinski definition) is 3. The maximum atomic E-state index is 13.1. The van der Waals surface area contributed by atoms with Crippen LogP contribution in [0, 0.1) is 0 Å². The van der Waals surface area contributed by atoms with E-state index in [4.69, 9.17) is 10.5 Å². The van der Waals surface area contributed by atoms with Gasteiger partial charge in [0.2, 0.25) is 11.8 Å². The first-order valence-corrected chi connectivity index (χ1v) is 13.3. The molecule has 10 nitrogen and oxygen atoms in total. The number of nitrogens with two attached hydrogens (primary N) is 1. The number of nitrogen functional groups attached to an aromatic ring is 1. The summed E-state index contributed by atoms with van der Waals surface area (Å²) in [6.07, 6.45) is 1.53. The van der Waals surface area contributed by atoms with Gasteiger partial charge >= 0.3 is 0 Å². The van der Waals surface area contributed by atoms with Gasteiger partial charge < -0.3 is 25.6 Å². The van der Waals surface area contributed by atoms with Gasteiger partial charge in [0.25, 0.3) is 5.91 Å². The van der Waals surface area contributed by atoms with Crippen molar-refractivity contribution in [2.75, 3.05) is 62.3 Å². The van der Waals surface area contributed by atoms with Crippen molar-refractivity contribution >= 4 is 34.8 Å². The van der Waals surface area contributed by atoms with Gasteiger partial charge in [-0.15, -0.1) is 0 Å². The number of anilines is 3. The fourth-order valence-electron chi connectivity index (χ4n) is 5.70. The van der Waals surface area contributed by atoms with Gasteiger partial charge in [0.05, 0.1) is 12.8 Å². The average molecular weight is 521 g/mol. The molecule has 5 rings (SSSR count). The normalized spacial score (nSPS) is 19.9. The van der Waals surface area contributed by atoms with E-state index >= 15 is 0 Å². The van der Waals surface area contributed by atoms with Crippen LogP contribution in [0.2, 0.25) is 0 Å². The third kappa shape index (κ3) is 5.00. The number of nitrogens with one attached hydrogen (secondary N) is 2. The van der Waals surface area contributed by atoms with E-state index in [1.54, 1.807) is 12.0 Å². The molecule has 4 N–H and O–H groups in total. The molecule has 0 saturated carbocycles. The smallest absolute Gasteiger partial charge is 0.255 e. The zero-order valence-corrected chi connectivity index (χ0v) is 22.1. The molecule has 0 aliphatic carbocycles. The third-order valence-electron chi connectivity index (χ3n) is 7.85. The average Bonchev–Trinajstić information content (AvgIpc) is 3.25. The highest BCUT2D eigenvalue weighted by molar-refractivity contribution is 6.06. The lowest BCUT2D eigenvalue weighted by Crippen LogP contribution is -2.52. The van der Waals surface area contributed by atoms with Crippen molar-refractivity contribution in [2.45, 2.75) is 38.8 Å². The number of methoxy groups -OCH3 is 1. The lowest BCUT2D eigenvalue weighted by molar-refractivity contribution is -0.136. The van der Waals surface area contributed by atoms with Gasteiger partial charge in [0.1, 0.15) is 11.8 Å². The first-order valence-electron chi connectivity index (χ1n) is 13.3. The highest BCUT2D eigenvalue weighted by atomic mass is 16.5. The molecule has 1 unspecified atom stereocenters. The van der Waals surface area contributed by atoms with E-state index in [0.717, 1.165) is 56.9 Å². The van der Waals surface area contributed by atoms with Crippen molar-refractivity contribution < 1.29 is 19.1 Å². The Morgan fingerprint density at radius 1 is 1.13 bits per heavy atom. The van der Waals surface area contributed by atoms with Crippen LogP contribution in [0.3, 0.4) is 0 Å². The Morgan fingerprint density at radius 3 is 2.63 bits per heavy atom. The van der Waals surface area contributed by atoms with Gasteiger partial charge in [0, 0.05) is 80.8 Å². The summed E-state index contributed by atoms with van der Waals surface area (Å²) in [5, 5.41) is 5.88. The monoisotopic (exact) mass is 520 g/mol. The molecule has 2 saturated heterocycles. The number of fused-ring (bicyclic) bond motifs is 1. The predicted octanol–water partition coefficient (Wildman–Crippen LogP) is 1.83. The second kappa shape index (κ2) is 10.9. The highest BCUT2D eigenvalue weighted by Gasteiger charge is 2.39. The molecule has 0 radical (unpaired) electrons. The van der Waals surface area contributed by atoms with Crippen molar-refractivity contribution in [1.82, 2.24) is 15.1 Å². The molecule has 38 heavy (non-hydrogen) atoms. The molecule has 0 spiro atoms. The number of hydrogen-bond acceptors (Lipinski definition) is 8. The van der Waals surface area contributed by atoms with E-state index < -0.39 is 6.04 Å². The molecule has 2 fully saturated rings. The van der Waals surface area contributed by atoms with E-state index in [1.165, 1.54) is 11.3 Å². The number of aryl methyl sites for hydroxylation is 1. The summed E-state index contributed by atoms with van der Waals surface area (Å²) in [4.78, 5) is 43.4. The quantitative estimate of drug-likeness (QED) is 0.356. The lowest BCUT2D eigenvalue weighted by atomic mass is 10.0. The SMILES string of the molecule is CCc1cc(N)c(OC)cc1N1CCN(CCNc2cccc3c2CN(C2CCC(=O)NC2=O)C3=O)CC1. The summed E-state index contributed by atoms with van der Waals surface area (Å²) in [5.41, 5.74) is 11.7. The Hall–Kier alpha value is -3.79. The van der Waals surface area contributed by atoms with Crippen LogP contribution in [-0.2, 0) is 22.6 Å². The number of amides is 3. The third-order valence-corrected chi connectivity index (χ3v) is 7.85. The lowest BCUT2D eigenvalue weighted by Gasteiger charge is -2.37. The molecule has 3 aliphatic heterocycles. The van der Waals surface area contributed by atoms with E-state index in [2.05, 4.69) is 33.4 Å². The Bertz CT molecular complexity index is 1240. The fourth-order valence-corrected chi connectivity index (χ4v) is 5.70. The first kappa shape index (κ1) is 25.8. The fraction of sp³-hybridized carbons (Fsp3) is 0.464. The maximum Gasteiger partial charge on any atom is 0.255 e. The molecule has 10 heteroatoms. The zero-order valence-electron chi connectivity index (χ0n) is 22.1. The Labute approximate surface area is 223 Å². The number of imide groups is 1. The Balaban J connectivity index is 1.16. The number of piperidine rings is 1. The zero-order chi connectivity index (χ0) is 26.8. The number of benzene rings is 2. The summed E-state index contributed by atoms with van der Waals surface area (Å²) in [6, 6.07) is 9.14. The number of carbonyl (C=O) groups is 3. The van der Waals surface area contributed by atoms with Gasteiger partial charge in [-0.1, -0.05) is 13.0 Å². The van der Waals surface area contributed by atoms with Crippen LogP contribution < -0.4 is 26.0 Å². The predicted molar refractivity (Wildman–Crippen MR) is 146 cm³/mol. The molecule has 3 aliphatic rings. The standard InChI is InChI=1S/C28H36N6O4/c1-3-18-15-21(29)25(38-2)16-24(18)33-13-11-32(12-14-33)10-9-30-22-6-4-5-19-20(22)17-34(28(19)37)23-7-8-26(35)31-27(23)36/h4-6,15-16,23,30H,3,7-14,17,29H2,1-2H3,(H,31,35,36). The maximum absolute atomic E-state index is 13.1. The number of ether oxygens (including phenoxy) is 1. The molecular formula is C28H36N6O4. The summed E-state index contributed by atoms with van der Waals surface area (Å²) in [6.45, 7) is 7.90. The van der Waals surface area contributed by atoms with E-state index in [9.17, 15) is 14.4 Å². The number of piperazine rings is 1. The summed E-state index contributed by atoms with van der Waals surface area (Å²) in [7, 11) is 1.65. The molecular weight excluding hydrogens is 484 g/mol. The van der Waals surface area contributed by atoms with E-state index in [1.807, 2.05) is 24.3 Å². The van der Waals surface area contributed by atoms with Gasteiger partial charge in [-0.05, 0) is 36.6 Å². The van der Waals surface area contributed by atoms with Crippen LogP contribution in [0.15, 0.2) is 30.3 Å². The largest absolute Gasteiger partial charge is 0.495 e. The highest BCUT2D eigenvalue weighted by Crippen LogP contribution is 2.34. The van der Waals surface area contributed by atoms with E-state index in [0.29, 0.717) is 30.0 Å². The second-order valence-electron chi connectivity index (χ2n) is 10.1. The summed E-state index contributed by atoms with van der Waals surface area (Å²) in [5.74, 6) is -0.106. The number of carbonyl (C=O) groups excluding carboxylic acids is 3. The van der Waals surface area contributed by atoms with Gasteiger partial charge in [-0.25, -0.2) is 0 Å². The molecule has 2 aromatic carbocycles. The van der Waals surface area contributed by atoms with Crippen molar-refractivity contribution in [2.24, 2.45) is 0 Å². The molecule has 0 bridgehead atoms. The Morgan fingerprint density at radius 2 is 1.92 bits per heavy atom. The summed E-state index contributed by atoms with van der Waals surface area (Å²) >= 11 is 0.